The molecular formula is C12H16FN. The van der Waals surface area contributed by atoms with Crippen LogP contribution in [-0.2, 0) is 0 Å². The van der Waals surface area contributed by atoms with Crippen molar-refractivity contribution in [2.75, 3.05) is 6.54 Å². The molecule has 1 aromatic rings. The number of hydrogen-bond donors (Lipinski definition) is 1. The Morgan fingerprint density at radius 3 is 2.71 bits per heavy atom. The molecule has 0 saturated heterocycles. The molecule has 14 heavy (non-hydrogen) atoms. The molecule has 0 aromatic heterocycles. The molecule has 0 amide bonds. The van der Waals surface area contributed by atoms with Crippen molar-refractivity contribution < 1.29 is 4.39 Å². The van der Waals surface area contributed by atoms with Crippen LogP contribution in [-0.4, -0.2) is 6.54 Å². The van der Waals surface area contributed by atoms with Crippen LogP contribution in [0.25, 0.3) is 0 Å². The van der Waals surface area contributed by atoms with Crippen LogP contribution < -0.4 is 5.73 Å². The molecule has 2 N–H and O–H groups in total. The Kier molecular flexibility index (Phi) is 2.55. The lowest BCUT2D eigenvalue weighted by Gasteiger charge is -2.14. The van der Waals surface area contributed by atoms with Gasteiger partial charge in [-0.15, -0.1) is 0 Å². The summed E-state index contributed by atoms with van der Waals surface area (Å²) in [4.78, 5) is 0. The van der Waals surface area contributed by atoms with E-state index in [0.29, 0.717) is 23.9 Å². The number of nitrogens with two attached hydrogens (primary N) is 1. The second kappa shape index (κ2) is 3.70. The largest absolute Gasteiger partial charge is 0.330 e. The van der Waals surface area contributed by atoms with Crippen LogP contribution >= 0.6 is 0 Å². The van der Waals surface area contributed by atoms with Gasteiger partial charge in [0.05, 0.1) is 0 Å². The first-order valence-corrected chi connectivity index (χ1v) is 5.18. The summed E-state index contributed by atoms with van der Waals surface area (Å²) < 4.78 is 13.3. The SMILES string of the molecule is Cc1ccc(C(CN)C2CC2)cc1F. The van der Waals surface area contributed by atoms with Crippen LogP contribution in [0, 0.1) is 18.7 Å². The van der Waals surface area contributed by atoms with E-state index in [1.165, 1.54) is 12.8 Å². The predicted molar refractivity (Wildman–Crippen MR) is 55.7 cm³/mol. The van der Waals surface area contributed by atoms with Crippen molar-refractivity contribution in [3.63, 3.8) is 0 Å². The molecule has 0 bridgehead atoms. The topological polar surface area (TPSA) is 26.0 Å². The van der Waals surface area contributed by atoms with Crippen molar-refractivity contribution in [2.24, 2.45) is 11.7 Å². The molecule has 1 atom stereocenters. The lowest BCUT2D eigenvalue weighted by atomic mass is 9.93. The second-order valence-electron chi connectivity index (χ2n) is 4.19. The van der Waals surface area contributed by atoms with Crippen LogP contribution in [0.5, 0.6) is 0 Å². The third kappa shape index (κ3) is 1.80. The van der Waals surface area contributed by atoms with Gasteiger partial charge in [0.1, 0.15) is 5.82 Å². The minimum Gasteiger partial charge on any atom is -0.330 e. The first kappa shape index (κ1) is 9.66. The predicted octanol–water partition coefficient (Wildman–Crippen LogP) is 2.59. The van der Waals surface area contributed by atoms with Gasteiger partial charge in [0.25, 0.3) is 0 Å². The molecular weight excluding hydrogens is 177 g/mol. The summed E-state index contributed by atoms with van der Waals surface area (Å²) in [5.41, 5.74) is 7.49. The molecule has 0 heterocycles. The van der Waals surface area contributed by atoms with E-state index in [9.17, 15) is 4.39 Å². The molecule has 1 aliphatic rings. The van der Waals surface area contributed by atoms with Crippen molar-refractivity contribution in [2.45, 2.75) is 25.7 Å². The van der Waals surface area contributed by atoms with Crippen LogP contribution in [0.3, 0.4) is 0 Å². The summed E-state index contributed by atoms with van der Waals surface area (Å²) in [5.74, 6) is 0.953. The zero-order chi connectivity index (χ0) is 10.1. The minimum atomic E-state index is -0.110. The second-order valence-corrected chi connectivity index (χ2v) is 4.19. The highest BCUT2D eigenvalue weighted by molar-refractivity contribution is 5.27. The Labute approximate surface area is 84.1 Å². The van der Waals surface area contributed by atoms with E-state index < -0.39 is 0 Å². The van der Waals surface area contributed by atoms with Gasteiger partial charge in [-0.25, -0.2) is 4.39 Å². The zero-order valence-electron chi connectivity index (χ0n) is 8.46. The van der Waals surface area contributed by atoms with Crippen molar-refractivity contribution >= 4 is 0 Å². The molecule has 2 rings (SSSR count). The van der Waals surface area contributed by atoms with Crippen molar-refractivity contribution in [1.29, 1.82) is 0 Å². The average molecular weight is 193 g/mol. The third-order valence-electron chi connectivity index (χ3n) is 3.07. The van der Waals surface area contributed by atoms with Gasteiger partial charge in [-0.2, -0.15) is 0 Å². The van der Waals surface area contributed by atoms with E-state index >= 15 is 0 Å². The van der Waals surface area contributed by atoms with Gasteiger partial charge in [0, 0.05) is 0 Å². The number of hydrogen-bond acceptors (Lipinski definition) is 1. The first-order chi connectivity index (χ1) is 6.72. The monoisotopic (exact) mass is 193 g/mol. The maximum atomic E-state index is 13.3. The van der Waals surface area contributed by atoms with Crippen LogP contribution in [0.15, 0.2) is 18.2 Å². The van der Waals surface area contributed by atoms with E-state index in [1.807, 2.05) is 12.1 Å². The summed E-state index contributed by atoms with van der Waals surface area (Å²) in [6.07, 6.45) is 2.49. The molecule has 2 heteroatoms. The van der Waals surface area contributed by atoms with Crippen molar-refractivity contribution in [3.05, 3.63) is 35.1 Å². The van der Waals surface area contributed by atoms with Gasteiger partial charge in [-0.1, -0.05) is 12.1 Å². The molecule has 0 aliphatic heterocycles. The molecule has 0 radical (unpaired) electrons. The normalized spacial score (nSPS) is 18.2. The summed E-state index contributed by atoms with van der Waals surface area (Å²) in [6, 6.07) is 5.50. The van der Waals surface area contributed by atoms with Crippen LogP contribution in [0.2, 0.25) is 0 Å². The molecule has 76 valence electrons. The molecule has 1 nitrogen and oxygen atoms in total. The van der Waals surface area contributed by atoms with Gasteiger partial charge < -0.3 is 5.73 Å². The fourth-order valence-electron chi connectivity index (χ4n) is 1.94. The highest BCUT2D eigenvalue weighted by Crippen LogP contribution is 2.42. The highest BCUT2D eigenvalue weighted by Gasteiger charge is 2.31. The van der Waals surface area contributed by atoms with E-state index in [1.54, 1.807) is 13.0 Å². The molecule has 1 aliphatic carbocycles. The number of rotatable bonds is 3. The van der Waals surface area contributed by atoms with Crippen molar-refractivity contribution in [1.82, 2.24) is 0 Å². The summed E-state index contributed by atoms with van der Waals surface area (Å²) in [7, 11) is 0. The van der Waals surface area contributed by atoms with Gasteiger partial charge in [-0.3, -0.25) is 0 Å². The van der Waals surface area contributed by atoms with Crippen molar-refractivity contribution in [3.8, 4) is 0 Å². The maximum absolute atomic E-state index is 13.3. The van der Waals surface area contributed by atoms with Crippen LogP contribution in [0.4, 0.5) is 4.39 Å². The van der Waals surface area contributed by atoms with E-state index in [0.717, 1.165) is 5.56 Å². The lowest BCUT2D eigenvalue weighted by molar-refractivity contribution is 0.589. The number of benzene rings is 1. The summed E-state index contributed by atoms with van der Waals surface area (Å²) in [5, 5.41) is 0. The Bertz CT molecular complexity index is 331. The Hall–Kier alpha value is -0.890. The lowest BCUT2D eigenvalue weighted by Crippen LogP contribution is -2.14. The average Bonchev–Trinajstić information content (AvgIpc) is 2.96. The fraction of sp³-hybridized carbons (Fsp3) is 0.500. The van der Waals surface area contributed by atoms with E-state index in [-0.39, 0.29) is 5.82 Å². The molecule has 1 unspecified atom stereocenters. The van der Waals surface area contributed by atoms with E-state index in [4.69, 9.17) is 5.73 Å². The summed E-state index contributed by atoms with van der Waals surface area (Å²) in [6.45, 7) is 2.42. The molecule has 1 aromatic carbocycles. The standard InChI is InChI=1S/C12H16FN/c1-8-2-3-10(6-12(8)13)11(7-14)9-4-5-9/h2-3,6,9,11H,4-5,7,14H2,1H3. The first-order valence-electron chi connectivity index (χ1n) is 5.18. The highest BCUT2D eigenvalue weighted by atomic mass is 19.1. The molecule has 1 saturated carbocycles. The quantitative estimate of drug-likeness (QED) is 0.784. The Balaban J connectivity index is 2.25. The van der Waals surface area contributed by atoms with Crippen LogP contribution in [0.1, 0.15) is 29.9 Å². The summed E-state index contributed by atoms with van der Waals surface area (Å²) >= 11 is 0. The minimum absolute atomic E-state index is 0.110. The van der Waals surface area contributed by atoms with Gasteiger partial charge in [0.15, 0.2) is 0 Å². The Morgan fingerprint density at radius 2 is 2.21 bits per heavy atom. The molecule has 0 spiro atoms. The number of aryl methyl sites for hydroxylation is 1. The number of halogens is 1. The third-order valence-corrected chi connectivity index (χ3v) is 3.07. The van der Waals surface area contributed by atoms with Gasteiger partial charge in [-0.05, 0) is 55.3 Å². The van der Waals surface area contributed by atoms with Gasteiger partial charge in [0.2, 0.25) is 0 Å². The van der Waals surface area contributed by atoms with Gasteiger partial charge >= 0.3 is 0 Å². The fourth-order valence-corrected chi connectivity index (χ4v) is 1.94. The smallest absolute Gasteiger partial charge is 0.126 e. The maximum Gasteiger partial charge on any atom is 0.126 e. The molecule has 1 fully saturated rings. The zero-order valence-corrected chi connectivity index (χ0v) is 8.46. The Morgan fingerprint density at radius 1 is 1.50 bits per heavy atom. The van der Waals surface area contributed by atoms with E-state index in [2.05, 4.69) is 0 Å².